The van der Waals surface area contributed by atoms with Gasteiger partial charge in [0.05, 0.1) is 5.92 Å². The Bertz CT molecular complexity index is 498. The Morgan fingerprint density at radius 2 is 1.45 bits per heavy atom. The van der Waals surface area contributed by atoms with E-state index >= 15 is 0 Å². The van der Waals surface area contributed by atoms with Crippen LogP contribution in [0.3, 0.4) is 0 Å². The fourth-order valence-corrected chi connectivity index (χ4v) is 2.32. The third kappa shape index (κ3) is 5.68. The van der Waals surface area contributed by atoms with Crippen molar-refractivity contribution in [3.8, 4) is 0 Å². The van der Waals surface area contributed by atoms with Crippen molar-refractivity contribution in [1.29, 1.82) is 0 Å². The number of nitrogens with one attached hydrogen (secondary N) is 2. The topological polar surface area (TPSA) is 58.2 Å². The molecule has 0 aliphatic heterocycles. The Labute approximate surface area is 137 Å². The molecule has 2 amide bonds. The number of carbonyl (C=O) groups excluding carboxylic acids is 2. The van der Waals surface area contributed by atoms with Crippen LogP contribution in [0.4, 0.5) is 0 Å². The molecular weight excluding hydrogens is 300 g/mol. The summed E-state index contributed by atoms with van der Waals surface area (Å²) in [6, 6.07) is 7.35. The first-order valence-electron chi connectivity index (χ1n) is 7.63. The van der Waals surface area contributed by atoms with Gasteiger partial charge >= 0.3 is 0 Å². The molecule has 0 spiro atoms. The van der Waals surface area contributed by atoms with Crippen molar-refractivity contribution in [2.75, 3.05) is 13.1 Å². The summed E-state index contributed by atoms with van der Waals surface area (Å²) in [6.45, 7) is 8.56. The van der Waals surface area contributed by atoms with E-state index in [1.807, 2.05) is 39.8 Å². The molecule has 0 radical (unpaired) electrons. The average molecular weight is 325 g/mol. The van der Waals surface area contributed by atoms with Crippen LogP contribution in [-0.2, 0) is 9.59 Å². The van der Waals surface area contributed by atoms with Crippen LogP contribution in [0.1, 0.15) is 39.2 Å². The lowest BCUT2D eigenvalue weighted by molar-refractivity contribution is -0.125. The molecule has 1 aromatic rings. The van der Waals surface area contributed by atoms with E-state index in [4.69, 9.17) is 11.6 Å². The lowest BCUT2D eigenvalue weighted by Crippen LogP contribution is -2.39. The van der Waals surface area contributed by atoms with Crippen LogP contribution in [0, 0.1) is 11.8 Å². The summed E-state index contributed by atoms with van der Waals surface area (Å²) in [5.74, 6) is -0.138. The first-order valence-corrected chi connectivity index (χ1v) is 8.01. The number of hydrogen-bond acceptors (Lipinski definition) is 2. The molecule has 1 atom stereocenters. The van der Waals surface area contributed by atoms with Gasteiger partial charge in [0.2, 0.25) is 11.8 Å². The van der Waals surface area contributed by atoms with Gasteiger partial charge in [-0.2, -0.15) is 0 Å². The van der Waals surface area contributed by atoms with E-state index in [2.05, 4.69) is 10.6 Å². The van der Waals surface area contributed by atoms with Crippen LogP contribution in [-0.4, -0.2) is 24.9 Å². The minimum Gasteiger partial charge on any atom is -0.354 e. The van der Waals surface area contributed by atoms with E-state index < -0.39 is 0 Å². The lowest BCUT2D eigenvalue weighted by Gasteiger charge is -2.21. The first-order chi connectivity index (χ1) is 10.3. The van der Waals surface area contributed by atoms with Gasteiger partial charge in [-0.15, -0.1) is 0 Å². The number of carbonyl (C=O) groups is 2. The highest BCUT2D eigenvalue weighted by Gasteiger charge is 2.23. The third-order valence-corrected chi connectivity index (χ3v) is 3.68. The largest absolute Gasteiger partial charge is 0.354 e. The van der Waals surface area contributed by atoms with Crippen molar-refractivity contribution < 1.29 is 9.59 Å². The standard InChI is InChI=1S/C17H25ClN2O2/c1-11(2)15(13-5-7-14(18)8-6-13)17(22)20-10-9-19-16(21)12(3)4/h5-8,11-12,15H,9-10H2,1-4H3,(H,19,21)(H,20,22)/t15-/m1/s1. The van der Waals surface area contributed by atoms with E-state index in [0.29, 0.717) is 18.1 Å². The molecule has 0 fully saturated rings. The van der Waals surface area contributed by atoms with Crippen molar-refractivity contribution >= 4 is 23.4 Å². The second-order valence-electron chi connectivity index (χ2n) is 6.01. The molecule has 22 heavy (non-hydrogen) atoms. The van der Waals surface area contributed by atoms with Gasteiger partial charge in [0.15, 0.2) is 0 Å². The maximum absolute atomic E-state index is 12.4. The summed E-state index contributed by atoms with van der Waals surface area (Å²) in [6.07, 6.45) is 0. The van der Waals surface area contributed by atoms with Crippen LogP contribution in [0.15, 0.2) is 24.3 Å². The fourth-order valence-electron chi connectivity index (χ4n) is 2.19. The van der Waals surface area contributed by atoms with Crippen LogP contribution in [0.5, 0.6) is 0 Å². The molecule has 1 rings (SSSR count). The van der Waals surface area contributed by atoms with E-state index in [1.54, 1.807) is 12.1 Å². The zero-order chi connectivity index (χ0) is 16.7. The average Bonchev–Trinajstić information content (AvgIpc) is 2.45. The molecule has 5 heteroatoms. The highest BCUT2D eigenvalue weighted by molar-refractivity contribution is 6.30. The smallest absolute Gasteiger partial charge is 0.227 e. The predicted octanol–water partition coefficient (Wildman–Crippen LogP) is 2.97. The maximum atomic E-state index is 12.4. The third-order valence-electron chi connectivity index (χ3n) is 3.43. The van der Waals surface area contributed by atoms with Gasteiger partial charge in [-0.1, -0.05) is 51.4 Å². The summed E-state index contributed by atoms with van der Waals surface area (Å²) < 4.78 is 0. The van der Waals surface area contributed by atoms with Gasteiger partial charge < -0.3 is 10.6 Å². The quantitative estimate of drug-likeness (QED) is 0.758. The SMILES string of the molecule is CC(C)C(=O)NCCNC(=O)[C@@H](c1ccc(Cl)cc1)C(C)C. The molecule has 122 valence electrons. The van der Waals surface area contributed by atoms with E-state index in [9.17, 15) is 9.59 Å². The maximum Gasteiger partial charge on any atom is 0.227 e. The second-order valence-corrected chi connectivity index (χ2v) is 6.45. The first kappa shape index (κ1) is 18.5. The Kier molecular flexibility index (Phi) is 7.39. The van der Waals surface area contributed by atoms with Crippen molar-refractivity contribution in [3.05, 3.63) is 34.9 Å². The van der Waals surface area contributed by atoms with Crippen molar-refractivity contribution in [2.24, 2.45) is 11.8 Å². The molecule has 2 N–H and O–H groups in total. The summed E-state index contributed by atoms with van der Waals surface area (Å²) in [7, 11) is 0. The van der Waals surface area contributed by atoms with Gasteiger partial charge in [-0.3, -0.25) is 9.59 Å². The molecular formula is C17H25ClN2O2. The molecule has 0 aliphatic rings. The molecule has 0 aliphatic carbocycles. The van der Waals surface area contributed by atoms with Gasteiger partial charge in [-0.05, 0) is 23.6 Å². The minimum atomic E-state index is -0.224. The predicted molar refractivity (Wildman–Crippen MR) is 89.9 cm³/mol. The summed E-state index contributed by atoms with van der Waals surface area (Å²) in [5.41, 5.74) is 0.947. The number of halogens is 1. The fraction of sp³-hybridized carbons (Fsp3) is 0.529. The van der Waals surface area contributed by atoms with E-state index in [0.717, 1.165) is 5.56 Å². The molecule has 4 nitrogen and oxygen atoms in total. The van der Waals surface area contributed by atoms with Crippen LogP contribution in [0.25, 0.3) is 0 Å². The molecule has 0 bridgehead atoms. The molecule has 0 unspecified atom stereocenters. The van der Waals surface area contributed by atoms with Gasteiger partial charge in [0.1, 0.15) is 0 Å². The van der Waals surface area contributed by atoms with Gasteiger partial charge in [-0.25, -0.2) is 0 Å². The zero-order valence-electron chi connectivity index (χ0n) is 13.7. The molecule has 0 saturated carbocycles. The number of hydrogen-bond donors (Lipinski definition) is 2. The highest BCUT2D eigenvalue weighted by atomic mass is 35.5. The van der Waals surface area contributed by atoms with E-state index in [-0.39, 0.29) is 29.6 Å². The molecule has 0 aromatic heterocycles. The number of benzene rings is 1. The Hall–Kier alpha value is -1.55. The molecule has 0 heterocycles. The summed E-state index contributed by atoms with van der Waals surface area (Å²) in [5, 5.41) is 6.32. The lowest BCUT2D eigenvalue weighted by atomic mass is 9.87. The Morgan fingerprint density at radius 3 is 1.91 bits per heavy atom. The van der Waals surface area contributed by atoms with Crippen molar-refractivity contribution in [2.45, 2.75) is 33.6 Å². The summed E-state index contributed by atoms with van der Waals surface area (Å²) >= 11 is 5.89. The number of rotatable bonds is 7. The van der Waals surface area contributed by atoms with Crippen LogP contribution in [0.2, 0.25) is 5.02 Å². The van der Waals surface area contributed by atoms with Crippen molar-refractivity contribution in [3.63, 3.8) is 0 Å². The normalized spacial score (nSPS) is 12.3. The van der Waals surface area contributed by atoms with E-state index in [1.165, 1.54) is 0 Å². The van der Waals surface area contributed by atoms with Crippen LogP contribution >= 0.6 is 11.6 Å². The Morgan fingerprint density at radius 1 is 0.955 bits per heavy atom. The molecule has 1 aromatic carbocycles. The van der Waals surface area contributed by atoms with Gasteiger partial charge in [0, 0.05) is 24.0 Å². The van der Waals surface area contributed by atoms with Crippen LogP contribution < -0.4 is 10.6 Å². The monoisotopic (exact) mass is 324 g/mol. The molecule has 0 saturated heterocycles. The van der Waals surface area contributed by atoms with Crippen molar-refractivity contribution in [1.82, 2.24) is 10.6 Å². The summed E-state index contributed by atoms with van der Waals surface area (Å²) in [4.78, 5) is 23.8. The number of amides is 2. The zero-order valence-corrected chi connectivity index (χ0v) is 14.4. The minimum absolute atomic E-state index is 0.00707. The highest BCUT2D eigenvalue weighted by Crippen LogP contribution is 2.25. The van der Waals surface area contributed by atoms with Gasteiger partial charge in [0.25, 0.3) is 0 Å². The Balaban J connectivity index is 2.56. The second kappa shape index (κ2) is 8.79.